The lowest BCUT2D eigenvalue weighted by atomic mass is 9.97. The summed E-state index contributed by atoms with van der Waals surface area (Å²) in [5, 5.41) is 1.55. The normalized spacial score (nSPS) is 13.6. The second-order valence-corrected chi connectivity index (χ2v) is 8.45. The molecule has 2 aromatic carbocycles. The third-order valence-electron chi connectivity index (χ3n) is 5.56. The summed E-state index contributed by atoms with van der Waals surface area (Å²) in [6.07, 6.45) is 1.55. The third-order valence-corrected chi connectivity index (χ3v) is 5.92. The minimum absolute atomic E-state index is 0.229. The number of hydrogen-bond donors (Lipinski definition) is 0. The van der Waals surface area contributed by atoms with E-state index in [9.17, 15) is 9.59 Å². The number of carbonyl (C=O) groups is 1. The first-order valence-corrected chi connectivity index (χ1v) is 11.2. The van der Waals surface area contributed by atoms with E-state index < -0.39 is 5.63 Å². The number of rotatable bonds is 7. The van der Waals surface area contributed by atoms with E-state index >= 15 is 0 Å². The molecular formula is C25H26ClNO5. The molecule has 1 aromatic heterocycles. The van der Waals surface area contributed by atoms with Gasteiger partial charge < -0.3 is 13.9 Å². The topological polar surface area (TPSA) is 69.0 Å². The number of carbonyl (C=O) groups excluding carboxylic acids is 1. The smallest absolute Gasteiger partial charge is 0.336 e. The molecule has 0 fully saturated rings. The standard InChI is InChI=1S/C25H26ClNO5/c1-3-10-30-22(28)9-8-17-12-19-16(2)11-23(29)32-25(19)20-14-27(15-31-24(17)20)13-18-6-4-5-7-21(18)26/h4-7,11-12H,3,8-10,13-15H2,1-2H3. The van der Waals surface area contributed by atoms with Crippen molar-refractivity contribution in [3.8, 4) is 5.75 Å². The zero-order chi connectivity index (χ0) is 22.7. The van der Waals surface area contributed by atoms with Gasteiger partial charge in [-0.05, 0) is 48.6 Å². The van der Waals surface area contributed by atoms with Gasteiger partial charge in [0.05, 0.1) is 12.2 Å². The van der Waals surface area contributed by atoms with Gasteiger partial charge in [0.15, 0.2) is 0 Å². The van der Waals surface area contributed by atoms with Crippen molar-refractivity contribution in [3.05, 3.63) is 74.1 Å². The van der Waals surface area contributed by atoms with Crippen molar-refractivity contribution in [2.24, 2.45) is 0 Å². The zero-order valence-electron chi connectivity index (χ0n) is 18.3. The van der Waals surface area contributed by atoms with Crippen LogP contribution in [-0.4, -0.2) is 24.2 Å². The number of esters is 1. The molecule has 1 aliphatic heterocycles. The minimum atomic E-state index is -0.392. The Bertz CT molecular complexity index is 1200. The Morgan fingerprint density at radius 3 is 2.81 bits per heavy atom. The number of aryl methyl sites for hydroxylation is 2. The van der Waals surface area contributed by atoms with Gasteiger partial charge in [0.1, 0.15) is 18.1 Å². The summed E-state index contributed by atoms with van der Waals surface area (Å²) in [7, 11) is 0. The van der Waals surface area contributed by atoms with Crippen LogP contribution in [0.15, 0.2) is 45.6 Å². The van der Waals surface area contributed by atoms with Gasteiger partial charge >= 0.3 is 11.6 Å². The van der Waals surface area contributed by atoms with E-state index in [0.717, 1.165) is 34.1 Å². The van der Waals surface area contributed by atoms with Gasteiger partial charge in [-0.3, -0.25) is 9.69 Å². The predicted molar refractivity (Wildman–Crippen MR) is 123 cm³/mol. The first-order valence-electron chi connectivity index (χ1n) is 10.8. The fourth-order valence-corrected chi connectivity index (χ4v) is 4.18. The summed E-state index contributed by atoms with van der Waals surface area (Å²) in [4.78, 5) is 26.3. The molecule has 1 aliphatic rings. The van der Waals surface area contributed by atoms with Gasteiger partial charge in [0.2, 0.25) is 0 Å². The van der Waals surface area contributed by atoms with E-state index in [1.807, 2.05) is 44.2 Å². The van der Waals surface area contributed by atoms with Crippen LogP contribution in [0.4, 0.5) is 0 Å². The third kappa shape index (κ3) is 4.81. The van der Waals surface area contributed by atoms with Gasteiger partial charge in [-0.2, -0.15) is 0 Å². The van der Waals surface area contributed by atoms with Crippen molar-refractivity contribution in [1.82, 2.24) is 4.90 Å². The summed E-state index contributed by atoms with van der Waals surface area (Å²) in [5.41, 5.74) is 3.70. The zero-order valence-corrected chi connectivity index (χ0v) is 19.0. The molecule has 0 radical (unpaired) electrons. The minimum Gasteiger partial charge on any atom is -0.477 e. The molecule has 0 amide bonds. The van der Waals surface area contributed by atoms with Crippen LogP contribution >= 0.6 is 11.6 Å². The SMILES string of the molecule is CCCOC(=O)CCc1cc2c(C)cc(=O)oc2c2c1OCN(Cc1ccccc1Cl)C2. The fourth-order valence-electron chi connectivity index (χ4n) is 3.99. The predicted octanol–water partition coefficient (Wildman–Crippen LogP) is 4.99. The summed E-state index contributed by atoms with van der Waals surface area (Å²) in [6.45, 7) is 5.78. The lowest BCUT2D eigenvalue weighted by Gasteiger charge is -2.31. The van der Waals surface area contributed by atoms with E-state index in [-0.39, 0.29) is 12.4 Å². The van der Waals surface area contributed by atoms with E-state index in [1.165, 1.54) is 6.07 Å². The van der Waals surface area contributed by atoms with Crippen LogP contribution in [0.25, 0.3) is 11.0 Å². The first-order chi connectivity index (χ1) is 15.5. The molecule has 0 spiro atoms. The van der Waals surface area contributed by atoms with Crippen LogP contribution in [0.1, 0.15) is 42.0 Å². The summed E-state index contributed by atoms with van der Waals surface area (Å²) in [6, 6.07) is 11.1. The Kier molecular flexibility index (Phi) is 6.82. The van der Waals surface area contributed by atoms with Gasteiger partial charge in [-0.1, -0.05) is 36.7 Å². The Balaban J connectivity index is 1.68. The van der Waals surface area contributed by atoms with Crippen molar-refractivity contribution >= 4 is 28.5 Å². The summed E-state index contributed by atoms with van der Waals surface area (Å²) in [5.74, 6) is 0.457. The summed E-state index contributed by atoms with van der Waals surface area (Å²) < 4.78 is 17.0. The molecule has 6 nitrogen and oxygen atoms in total. The number of fused-ring (bicyclic) bond motifs is 3. The van der Waals surface area contributed by atoms with Crippen LogP contribution in [0.5, 0.6) is 5.75 Å². The molecule has 0 atom stereocenters. The average Bonchev–Trinajstić information content (AvgIpc) is 2.78. The fraction of sp³-hybridized carbons (Fsp3) is 0.360. The number of halogens is 1. The Morgan fingerprint density at radius 1 is 1.22 bits per heavy atom. The van der Waals surface area contributed by atoms with Gasteiger partial charge in [-0.25, -0.2) is 4.79 Å². The van der Waals surface area contributed by atoms with Crippen molar-refractivity contribution in [1.29, 1.82) is 0 Å². The van der Waals surface area contributed by atoms with E-state index in [0.29, 0.717) is 49.2 Å². The van der Waals surface area contributed by atoms with Crippen molar-refractivity contribution < 1.29 is 18.7 Å². The van der Waals surface area contributed by atoms with Gasteiger partial charge in [0, 0.05) is 36.0 Å². The largest absolute Gasteiger partial charge is 0.477 e. The Labute approximate surface area is 191 Å². The second kappa shape index (κ2) is 9.76. The molecule has 4 rings (SSSR count). The number of ether oxygens (including phenoxy) is 2. The van der Waals surface area contributed by atoms with Crippen LogP contribution in [0, 0.1) is 6.92 Å². The van der Waals surface area contributed by atoms with Crippen LogP contribution in [0.2, 0.25) is 5.02 Å². The molecule has 2 heterocycles. The number of nitrogens with zero attached hydrogens (tertiary/aromatic N) is 1. The quantitative estimate of drug-likeness (QED) is 0.369. The highest BCUT2D eigenvalue weighted by atomic mass is 35.5. The molecule has 32 heavy (non-hydrogen) atoms. The molecule has 168 valence electrons. The average molecular weight is 456 g/mol. The Morgan fingerprint density at radius 2 is 2.03 bits per heavy atom. The van der Waals surface area contributed by atoms with Crippen LogP contribution < -0.4 is 10.4 Å². The molecule has 0 aliphatic carbocycles. The van der Waals surface area contributed by atoms with Crippen molar-refractivity contribution in [2.45, 2.75) is 46.2 Å². The number of hydrogen-bond acceptors (Lipinski definition) is 6. The molecule has 0 N–H and O–H groups in total. The molecule has 0 saturated heterocycles. The number of benzene rings is 2. The second-order valence-electron chi connectivity index (χ2n) is 8.04. The highest BCUT2D eigenvalue weighted by Gasteiger charge is 2.26. The van der Waals surface area contributed by atoms with Gasteiger partial charge in [-0.15, -0.1) is 0 Å². The van der Waals surface area contributed by atoms with Crippen LogP contribution in [0.3, 0.4) is 0 Å². The monoisotopic (exact) mass is 455 g/mol. The van der Waals surface area contributed by atoms with Crippen molar-refractivity contribution in [2.75, 3.05) is 13.3 Å². The highest BCUT2D eigenvalue weighted by Crippen LogP contribution is 2.37. The van der Waals surface area contributed by atoms with E-state index in [2.05, 4.69) is 4.90 Å². The molecule has 3 aromatic rings. The molecular weight excluding hydrogens is 430 g/mol. The maximum atomic E-state index is 12.1. The lowest BCUT2D eigenvalue weighted by Crippen LogP contribution is -2.32. The maximum absolute atomic E-state index is 12.1. The van der Waals surface area contributed by atoms with E-state index in [1.54, 1.807) is 0 Å². The van der Waals surface area contributed by atoms with Crippen LogP contribution in [-0.2, 0) is 29.0 Å². The highest BCUT2D eigenvalue weighted by molar-refractivity contribution is 6.31. The molecule has 7 heteroatoms. The van der Waals surface area contributed by atoms with Crippen molar-refractivity contribution in [3.63, 3.8) is 0 Å². The summed E-state index contributed by atoms with van der Waals surface area (Å²) >= 11 is 6.34. The molecule has 0 bridgehead atoms. The molecule has 0 saturated carbocycles. The van der Waals surface area contributed by atoms with Gasteiger partial charge in [0.25, 0.3) is 0 Å². The maximum Gasteiger partial charge on any atom is 0.336 e. The molecule has 0 unspecified atom stereocenters. The lowest BCUT2D eigenvalue weighted by molar-refractivity contribution is -0.143. The first kappa shape index (κ1) is 22.4. The Hall–Kier alpha value is -2.83. The van der Waals surface area contributed by atoms with E-state index in [4.69, 9.17) is 25.5 Å².